The van der Waals surface area contributed by atoms with Gasteiger partial charge in [-0.25, -0.2) is 9.97 Å². The molecule has 8 nitrogen and oxygen atoms in total. The molecule has 3 aliphatic rings. The Balaban J connectivity index is 1.05. The van der Waals surface area contributed by atoms with Crippen molar-refractivity contribution in [3.63, 3.8) is 0 Å². The number of hydrogen-bond acceptors (Lipinski definition) is 8. The zero-order valence-corrected chi connectivity index (χ0v) is 22.2. The van der Waals surface area contributed by atoms with Crippen molar-refractivity contribution in [1.82, 2.24) is 9.97 Å². The largest absolute Gasteiger partial charge is 0.481 e. The van der Waals surface area contributed by atoms with Crippen LogP contribution in [0.4, 0.5) is 11.5 Å². The zero-order valence-electron chi connectivity index (χ0n) is 22.2. The van der Waals surface area contributed by atoms with E-state index in [1.165, 1.54) is 16.8 Å². The number of piperidine rings is 1. The molecule has 0 amide bonds. The molecule has 2 aromatic carbocycles. The third-order valence-corrected chi connectivity index (χ3v) is 8.36. The summed E-state index contributed by atoms with van der Waals surface area (Å²) in [5, 5.41) is 10.0. The molecular weight excluding hydrogens is 490 g/mol. The van der Waals surface area contributed by atoms with Crippen LogP contribution >= 0.6 is 0 Å². The lowest BCUT2D eigenvalue weighted by atomic mass is 9.73. The number of rotatable bonds is 5. The molecule has 8 heteroatoms. The van der Waals surface area contributed by atoms with E-state index in [4.69, 9.17) is 15.2 Å². The standard InChI is InChI=1S/C31H35N5O3/c32-29-27-6-2-1-4-23(27)20-31(29)11-13-36(14-12-31)30-28(22-37)34-24(21-33-30)5-3-17-39-26-9-7-25(8-10-26)35-15-18-38-19-16-35/h1-2,4,6-10,21,29,37H,11-20,22,32H2/t29-/m1/s1. The van der Waals surface area contributed by atoms with Crippen LogP contribution in [0.1, 0.15) is 41.4 Å². The summed E-state index contributed by atoms with van der Waals surface area (Å²) in [7, 11) is 0. The molecule has 0 unspecified atom stereocenters. The topological polar surface area (TPSA) is 97.0 Å². The second kappa shape index (κ2) is 11.2. The fourth-order valence-electron chi connectivity index (χ4n) is 6.14. The lowest BCUT2D eigenvalue weighted by molar-refractivity contribution is 0.122. The van der Waals surface area contributed by atoms with Gasteiger partial charge in [0, 0.05) is 37.9 Å². The molecule has 1 aliphatic carbocycles. The molecule has 6 rings (SSSR count). The minimum absolute atomic E-state index is 0.0711. The number of aliphatic hydroxyl groups excluding tert-OH is 1. The number of hydrogen-bond donors (Lipinski definition) is 2. The highest BCUT2D eigenvalue weighted by Crippen LogP contribution is 2.51. The highest BCUT2D eigenvalue weighted by Gasteiger charge is 2.46. The predicted molar refractivity (Wildman–Crippen MR) is 151 cm³/mol. The number of morpholine rings is 1. The molecule has 3 heterocycles. The Morgan fingerprint density at radius 1 is 1.03 bits per heavy atom. The number of anilines is 2. The van der Waals surface area contributed by atoms with E-state index in [1.807, 2.05) is 12.1 Å². The Labute approximate surface area is 229 Å². The third kappa shape index (κ3) is 5.30. The summed E-state index contributed by atoms with van der Waals surface area (Å²) < 4.78 is 11.2. The molecular formula is C31H35N5O3. The van der Waals surface area contributed by atoms with Gasteiger partial charge in [0.1, 0.15) is 23.7 Å². The number of aromatic nitrogens is 2. The van der Waals surface area contributed by atoms with Gasteiger partial charge in [0.25, 0.3) is 0 Å². The van der Waals surface area contributed by atoms with Gasteiger partial charge in [-0.2, -0.15) is 0 Å². The van der Waals surface area contributed by atoms with E-state index in [0.717, 1.165) is 70.2 Å². The maximum Gasteiger partial charge on any atom is 0.152 e. The van der Waals surface area contributed by atoms with Crippen LogP contribution in [0.2, 0.25) is 0 Å². The van der Waals surface area contributed by atoms with Crippen LogP contribution in [0.5, 0.6) is 5.75 Å². The molecule has 39 heavy (non-hydrogen) atoms. The van der Waals surface area contributed by atoms with Crippen LogP contribution in [-0.2, 0) is 17.8 Å². The molecule has 2 saturated heterocycles. The van der Waals surface area contributed by atoms with E-state index in [0.29, 0.717) is 11.4 Å². The summed E-state index contributed by atoms with van der Waals surface area (Å²) in [5.41, 5.74) is 11.7. The quantitative estimate of drug-likeness (QED) is 0.491. The Bertz CT molecular complexity index is 1350. The molecule has 1 atom stereocenters. The van der Waals surface area contributed by atoms with Gasteiger partial charge < -0.3 is 30.1 Å². The van der Waals surface area contributed by atoms with Gasteiger partial charge in [-0.1, -0.05) is 30.2 Å². The maximum absolute atomic E-state index is 10.0. The molecule has 0 saturated carbocycles. The number of benzene rings is 2. The summed E-state index contributed by atoms with van der Waals surface area (Å²) in [4.78, 5) is 13.8. The first kappa shape index (κ1) is 25.6. The van der Waals surface area contributed by atoms with Gasteiger partial charge in [0.2, 0.25) is 0 Å². The Morgan fingerprint density at radius 2 is 1.79 bits per heavy atom. The first-order chi connectivity index (χ1) is 19.1. The molecule has 0 bridgehead atoms. The van der Waals surface area contributed by atoms with Crippen molar-refractivity contribution in [3.8, 4) is 17.6 Å². The highest BCUT2D eigenvalue weighted by atomic mass is 16.5. The van der Waals surface area contributed by atoms with Crippen molar-refractivity contribution in [1.29, 1.82) is 0 Å². The van der Waals surface area contributed by atoms with E-state index in [1.54, 1.807) is 6.20 Å². The van der Waals surface area contributed by atoms with Crippen molar-refractivity contribution < 1.29 is 14.6 Å². The van der Waals surface area contributed by atoms with Crippen LogP contribution in [0, 0.1) is 17.3 Å². The second-order valence-corrected chi connectivity index (χ2v) is 10.6. The second-order valence-electron chi connectivity index (χ2n) is 10.6. The van der Waals surface area contributed by atoms with Gasteiger partial charge in [0.15, 0.2) is 5.82 Å². The average Bonchev–Trinajstić information content (AvgIpc) is 3.27. The van der Waals surface area contributed by atoms with Crippen molar-refractivity contribution in [2.75, 3.05) is 55.8 Å². The smallest absolute Gasteiger partial charge is 0.152 e. The minimum Gasteiger partial charge on any atom is -0.481 e. The fraction of sp³-hybridized carbons (Fsp3) is 0.419. The first-order valence-corrected chi connectivity index (χ1v) is 13.7. The number of nitrogens with two attached hydrogens (primary N) is 1. The Hall–Kier alpha value is -3.64. The van der Waals surface area contributed by atoms with E-state index in [9.17, 15) is 5.11 Å². The molecule has 3 aromatic rings. The summed E-state index contributed by atoms with van der Waals surface area (Å²) >= 11 is 0. The van der Waals surface area contributed by atoms with Crippen LogP contribution in [-0.4, -0.2) is 61.1 Å². The fourth-order valence-corrected chi connectivity index (χ4v) is 6.14. The molecule has 202 valence electrons. The van der Waals surface area contributed by atoms with E-state index >= 15 is 0 Å². The molecule has 1 aromatic heterocycles. The Morgan fingerprint density at radius 3 is 2.54 bits per heavy atom. The van der Waals surface area contributed by atoms with Crippen LogP contribution < -0.4 is 20.3 Å². The van der Waals surface area contributed by atoms with Crippen molar-refractivity contribution in [2.45, 2.75) is 31.9 Å². The van der Waals surface area contributed by atoms with Crippen molar-refractivity contribution in [3.05, 3.63) is 77.2 Å². The number of aliphatic hydroxyl groups is 1. The summed E-state index contributed by atoms with van der Waals surface area (Å²) in [6.07, 6.45) is 4.69. The lowest BCUT2D eigenvalue weighted by Crippen LogP contribution is -2.45. The highest BCUT2D eigenvalue weighted by molar-refractivity contribution is 5.50. The van der Waals surface area contributed by atoms with Crippen LogP contribution in [0.15, 0.2) is 54.7 Å². The number of ether oxygens (including phenoxy) is 2. The molecule has 3 N–H and O–H groups in total. The first-order valence-electron chi connectivity index (χ1n) is 13.7. The van der Waals surface area contributed by atoms with Crippen molar-refractivity contribution >= 4 is 11.5 Å². The summed E-state index contributed by atoms with van der Waals surface area (Å²) in [6, 6.07) is 16.7. The summed E-state index contributed by atoms with van der Waals surface area (Å²) in [6.45, 7) is 5.07. The van der Waals surface area contributed by atoms with Crippen molar-refractivity contribution in [2.24, 2.45) is 11.1 Å². The molecule has 0 radical (unpaired) electrons. The van der Waals surface area contributed by atoms with Crippen LogP contribution in [0.3, 0.4) is 0 Å². The molecule has 1 spiro atoms. The van der Waals surface area contributed by atoms with E-state index in [2.05, 4.69) is 68.0 Å². The van der Waals surface area contributed by atoms with E-state index < -0.39 is 0 Å². The number of fused-ring (bicyclic) bond motifs is 1. The molecule has 2 aliphatic heterocycles. The zero-order chi connectivity index (χ0) is 26.7. The van der Waals surface area contributed by atoms with Gasteiger partial charge in [-0.15, -0.1) is 0 Å². The van der Waals surface area contributed by atoms with Gasteiger partial charge in [-0.3, -0.25) is 0 Å². The third-order valence-electron chi connectivity index (χ3n) is 8.36. The summed E-state index contributed by atoms with van der Waals surface area (Å²) in [5.74, 6) is 7.54. The normalized spacial score (nSPS) is 19.9. The minimum atomic E-state index is -0.184. The molecule has 2 fully saturated rings. The van der Waals surface area contributed by atoms with Gasteiger partial charge in [0.05, 0.1) is 26.0 Å². The predicted octanol–water partition coefficient (Wildman–Crippen LogP) is 3.08. The SMILES string of the molecule is N[C@@H]1c2ccccc2CC12CCN(c1ncc(C#CCOc3ccc(N4CCOCC4)cc3)nc1CO)CC2. The number of nitrogens with zero attached hydrogens (tertiary/aromatic N) is 4. The monoisotopic (exact) mass is 525 g/mol. The van der Waals surface area contributed by atoms with Gasteiger partial charge >= 0.3 is 0 Å². The average molecular weight is 526 g/mol. The maximum atomic E-state index is 10.0. The van der Waals surface area contributed by atoms with Gasteiger partial charge in [-0.05, 0) is 66.0 Å². The van der Waals surface area contributed by atoms with E-state index in [-0.39, 0.29) is 24.7 Å². The Kier molecular flexibility index (Phi) is 7.38. The lowest BCUT2D eigenvalue weighted by Gasteiger charge is -2.42. The van der Waals surface area contributed by atoms with Crippen LogP contribution in [0.25, 0.3) is 0 Å².